The Morgan fingerprint density at radius 1 is 1.21 bits per heavy atom. The summed E-state index contributed by atoms with van der Waals surface area (Å²) in [6.07, 6.45) is 3.68. The fourth-order valence-electron chi connectivity index (χ4n) is 2.11. The highest BCUT2D eigenvalue weighted by molar-refractivity contribution is 9.10. The number of nitrogens with zero attached hydrogens (tertiary/aromatic N) is 1. The molecule has 1 unspecified atom stereocenters. The minimum absolute atomic E-state index is 0.102. The maximum absolute atomic E-state index is 5.57. The number of nitrogens with one attached hydrogen (secondary N) is 1. The van der Waals surface area contributed by atoms with E-state index in [1.54, 1.807) is 0 Å². The number of hydrogen-bond donors (Lipinski definition) is 1. The van der Waals surface area contributed by atoms with Gasteiger partial charge in [-0.1, -0.05) is 12.1 Å². The highest BCUT2D eigenvalue weighted by Crippen LogP contribution is 2.28. The molecule has 0 fully saturated rings. The van der Waals surface area contributed by atoms with Crippen LogP contribution < -0.4 is 5.32 Å². The second-order valence-corrected chi connectivity index (χ2v) is 5.19. The zero-order valence-electron chi connectivity index (χ0n) is 10.4. The molecule has 0 amide bonds. The Labute approximate surface area is 119 Å². The molecule has 0 spiro atoms. The molecule has 2 heterocycles. The quantitative estimate of drug-likeness (QED) is 0.756. The number of hydrogen-bond acceptors (Lipinski definition) is 3. The normalized spacial score (nSPS) is 12.5. The average Bonchev–Trinajstić information content (AvgIpc) is 2.86. The first kappa shape index (κ1) is 12.2. The van der Waals surface area contributed by atoms with Gasteiger partial charge < -0.3 is 9.73 Å². The Hall–Kier alpha value is -1.81. The first-order valence-electron chi connectivity index (χ1n) is 6.08. The maximum atomic E-state index is 5.57. The van der Waals surface area contributed by atoms with Gasteiger partial charge in [-0.05, 0) is 47.1 Å². The van der Waals surface area contributed by atoms with Gasteiger partial charge in [-0.15, -0.1) is 0 Å². The van der Waals surface area contributed by atoms with Crippen LogP contribution >= 0.6 is 15.9 Å². The van der Waals surface area contributed by atoms with Crippen molar-refractivity contribution in [3.05, 3.63) is 59.2 Å². The van der Waals surface area contributed by atoms with Crippen molar-refractivity contribution >= 4 is 32.4 Å². The smallest absolute Gasteiger partial charge is 0.169 e. The molecule has 0 aliphatic rings. The van der Waals surface area contributed by atoms with Gasteiger partial charge in [-0.2, -0.15) is 0 Å². The third-order valence-corrected chi connectivity index (χ3v) is 3.50. The van der Waals surface area contributed by atoms with E-state index in [4.69, 9.17) is 4.42 Å². The summed E-state index contributed by atoms with van der Waals surface area (Å²) in [7, 11) is 0. The highest BCUT2D eigenvalue weighted by Gasteiger charge is 2.11. The van der Waals surface area contributed by atoms with Gasteiger partial charge in [0.2, 0.25) is 0 Å². The van der Waals surface area contributed by atoms with Gasteiger partial charge >= 0.3 is 0 Å². The fourth-order valence-corrected chi connectivity index (χ4v) is 2.43. The molecule has 2 aromatic heterocycles. The molecule has 0 aliphatic carbocycles. The van der Waals surface area contributed by atoms with Crippen molar-refractivity contribution in [1.82, 2.24) is 4.98 Å². The number of furan rings is 1. The van der Waals surface area contributed by atoms with E-state index >= 15 is 0 Å². The number of rotatable bonds is 3. The second-order valence-electron chi connectivity index (χ2n) is 4.41. The molecule has 0 aliphatic heterocycles. The Kier molecular flexibility index (Phi) is 3.25. The van der Waals surface area contributed by atoms with Crippen LogP contribution in [0.3, 0.4) is 0 Å². The van der Waals surface area contributed by atoms with Crippen LogP contribution in [0.1, 0.15) is 18.7 Å². The Morgan fingerprint density at radius 3 is 2.89 bits per heavy atom. The number of aromatic nitrogens is 1. The van der Waals surface area contributed by atoms with Crippen LogP contribution in [0.5, 0.6) is 0 Å². The van der Waals surface area contributed by atoms with Crippen molar-refractivity contribution in [3.63, 3.8) is 0 Å². The summed E-state index contributed by atoms with van der Waals surface area (Å²) in [4.78, 5) is 4.14. The molecule has 1 aromatic carbocycles. The SMILES string of the molecule is CC(Nc1cccc2cnccc12)c1ccc(Br)o1. The monoisotopic (exact) mass is 316 g/mol. The Morgan fingerprint density at radius 2 is 2.11 bits per heavy atom. The number of pyridine rings is 1. The van der Waals surface area contributed by atoms with Crippen LogP contribution in [0.25, 0.3) is 10.8 Å². The second kappa shape index (κ2) is 5.05. The molecule has 1 atom stereocenters. The summed E-state index contributed by atoms with van der Waals surface area (Å²) in [5.41, 5.74) is 1.08. The lowest BCUT2D eigenvalue weighted by Crippen LogP contribution is -2.05. The number of halogens is 1. The van der Waals surface area contributed by atoms with Crippen molar-refractivity contribution in [3.8, 4) is 0 Å². The van der Waals surface area contributed by atoms with E-state index in [0.29, 0.717) is 0 Å². The molecular formula is C15H13BrN2O. The van der Waals surface area contributed by atoms with Crippen molar-refractivity contribution in [2.24, 2.45) is 0 Å². The molecule has 3 nitrogen and oxygen atoms in total. The van der Waals surface area contributed by atoms with Gasteiger partial charge in [0.05, 0.1) is 6.04 Å². The average molecular weight is 317 g/mol. The summed E-state index contributed by atoms with van der Waals surface area (Å²) in [5, 5.41) is 5.76. The van der Waals surface area contributed by atoms with Gasteiger partial charge in [-0.3, -0.25) is 4.98 Å². The molecule has 4 heteroatoms. The minimum atomic E-state index is 0.102. The van der Waals surface area contributed by atoms with E-state index in [1.165, 1.54) is 0 Å². The van der Waals surface area contributed by atoms with Crippen LogP contribution in [0.15, 0.2) is 57.9 Å². The highest BCUT2D eigenvalue weighted by atomic mass is 79.9. The number of anilines is 1. The molecule has 0 saturated carbocycles. The maximum Gasteiger partial charge on any atom is 0.169 e. The van der Waals surface area contributed by atoms with Gasteiger partial charge in [-0.25, -0.2) is 0 Å². The predicted octanol–water partition coefficient (Wildman–Crippen LogP) is 4.76. The lowest BCUT2D eigenvalue weighted by Gasteiger charge is -2.14. The van der Waals surface area contributed by atoms with E-state index in [1.807, 2.05) is 36.7 Å². The minimum Gasteiger partial charge on any atom is -0.452 e. The molecule has 19 heavy (non-hydrogen) atoms. The van der Waals surface area contributed by atoms with Crippen LogP contribution in [-0.2, 0) is 0 Å². The van der Waals surface area contributed by atoms with Gasteiger partial charge in [0, 0.05) is 28.9 Å². The fraction of sp³-hybridized carbons (Fsp3) is 0.133. The molecule has 3 aromatic rings. The summed E-state index contributed by atoms with van der Waals surface area (Å²) in [6, 6.07) is 12.1. The third kappa shape index (κ3) is 2.49. The van der Waals surface area contributed by atoms with Crippen LogP contribution in [0.2, 0.25) is 0 Å². The van der Waals surface area contributed by atoms with Gasteiger partial charge in [0.25, 0.3) is 0 Å². The summed E-state index contributed by atoms with van der Waals surface area (Å²) in [5.74, 6) is 0.901. The first-order chi connectivity index (χ1) is 9.24. The van der Waals surface area contributed by atoms with Gasteiger partial charge in [0.1, 0.15) is 5.76 Å². The van der Waals surface area contributed by atoms with E-state index in [-0.39, 0.29) is 6.04 Å². The molecule has 0 radical (unpaired) electrons. The lowest BCUT2D eigenvalue weighted by atomic mass is 10.1. The Bertz CT molecular complexity index is 703. The van der Waals surface area contributed by atoms with E-state index in [0.717, 1.165) is 26.9 Å². The summed E-state index contributed by atoms with van der Waals surface area (Å²) >= 11 is 3.32. The van der Waals surface area contributed by atoms with Crippen LogP contribution in [-0.4, -0.2) is 4.98 Å². The largest absolute Gasteiger partial charge is 0.452 e. The van der Waals surface area contributed by atoms with Gasteiger partial charge in [0.15, 0.2) is 4.67 Å². The molecule has 0 bridgehead atoms. The van der Waals surface area contributed by atoms with Crippen molar-refractivity contribution < 1.29 is 4.42 Å². The van der Waals surface area contributed by atoms with E-state index < -0.39 is 0 Å². The topological polar surface area (TPSA) is 38.1 Å². The third-order valence-electron chi connectivity index (χ3n) is 3.07. The molecule has 3 rings (SSSR count). The molecule has 0 saturated heterocycles. The van der Waals surface area contributed by atoms with Crippen molar-refractivity contribution in [1.29, 1.82) is 0 Å². The molecule has 1 N–H and O–H groups in total. The van der Waals surface area contributed by atoms with Crippen molar-refractivity contribution in [2.75, 3.05) is 5.32 Å². The standard InChI is InChI=1S/C15H13BrN2O/c1-10(14-5-6-15(16)19-14)18-13-4-2-3-11-9-17-8-7-12(11)13/h2-10,18H,1H3. The van der Waals surface area contributed by atoms with E-state index in [9.17, 15) is 0 Å². The van der Waals surface area contributed by atoms with E-state index in [2.05, 4.69) is 45.3 Å². The number of benzene rings is 1. The zero-order chi connectivity index (χ0) is 13.2. The predicted molar refractivity (Wildman–Crippen MR) is 80.2 cm³/mol. The summed E-state index contributed by atoms with van der Waals surface area (Å²) < 4.78 is 6.32. The van der Waals surface area contributed by atoms with Crippen LogP contribution in [0.4, 0.5) is 5.69 Å². The summed E-state index contributed by atoms with van der Waals surface area (Å²) in [6.45, 7) is 2.07. The number of fused-ring (bicyclic) bond motifs is 1. The molecule has 96 valence electrons. The zero-order valence-corrected chi connectivity index (χ0v) is 12.0. The molecular weight excluding hydrogens is 304 g/mol. The van der Waals surface area contributed by atoms with Crippen LogP contribution in [0, 0.1) is 0 Å². The van der Waals surface area contributed by atoms with Crippen molar-refractivity contribution in [2.45, 2.75) is 13.0 Å². The Balaban J connectivity index is 1.93. The lowest BCUT2D eigenvalue weighted by molar-refractivity contribution is 0.471. The first-order valence-corrected chi connectivity index (χ1v) is 6.88.